The van der Waals surface area contributed by atoms with Crippen LogP contribution in [0.4, 0.5) is 0 Å². The van der Waals surface area contributed by atoms with Gasteiger partial charge < -0.3 is 5.32 Å². The van der Waals surface area contributed by atoms with Crippen LogP contribution in [0.25, 0.3) is 0 Å². The Balaban J connectivity index is 1.40. The molecular weight excluding hydrogens is 360 g/mol. The third-order valence-electron chi connectivity index (χ3n) is 5.54. The summed E-state index contributed by atoms with van der Waals surface area (Å²) in [6.07, 6.45) is 1.78. The molecule has 1 aliphatic heterocycles. The number of ketones is 1. The smallest absolute Gasteiger partial charge is 0.220 e. The SMILES string of the molecule is CC1CC(C)CN(Cc2ccc(CNC(=O)CCC(=O)c3ccccc3)cc2)C1. The normalized spacial score (nSPS) is 19.7. The van der Waals surface area contributed by atoms with Gasteiger partial charge in [0.05, 0.1) is 0 Å². The summed E-state index contributed by atoms with van der Waals surface area (Å²) < 4.78 is 0. The number of piperidine rings is 1. The van der Waals surface area contributed by atoms with Gasteiger partial charge in [0, 0.05) is 44.6 Å². The second kappa shape index (κ2) is 10.4. The van der Waals surface area contributed by atoms with E-state index < -0.39 is 0 Å². The monoisotopic (exact) mass is 392 g/mol. The van der Waals surface area contributed by atoms with E-state index in [0.717, 1.165) is 23.9 Å². The van der Waals surface area contributed by atoms with Gasteiger partial charge in [-0.25, -0.2) is 0 Å². The molecular formula is C25H32N2O2. The van der Waals surface area contributed by atoms with Gasteiger partial charge in [-0.2, -0.15) is 0 Å². The third-order valence-corrected chi connectivity index (χ3v) is 5.54. The van der Waals surface area contributed by atoms with E-state index in [2.05, 4.69) is 48.3 Å². The summed E-state index contributed by atoms with van der Waals surface area (Å²) >= 11 is 0. The van der Waals surface area contributed by atoms with Crippen molar-refractivity contribution in [3.05, 3.63) is 71.3 Å². The fourth-order valence-corrected chi connectivity index (χ4v) is 4.23. The van der Waals surface area contributed by atoms with Gasteiger partial charge in [-0.1, -0.05) is 68.4 Å². The zero-order valence-electron chi connectivity index (χ0n) is 17.6. The Hall–Kier alpha value is -2.46. The second-order valence-electron chi connectivity index (χ2n) is 8.52. The average Bonchev–Trinajstić information content (AvgIpc) is 2.71. The van der Waals surface area contributed by atoms with Crippen molar-refractivity contribution in [3.8, 4) is 0 Å². The van der Waals surface area contributed by atoms with E-state index in [1.165, 1.54) is 25.1 Å². The topological polar surface area (TPSA) is 49.4 Å². The van der Waals surface area contributed by atoms with Gasteiger partial charge in [0.1, 0.15) is 0 Å². The first-order chi connectivity index (χ1) is 14.0. The predicted octanol–water partition coefficient (Wildman–Crippen LogP) is 4.44. The molecule has 0 bridgehead atoms. The van der Waals surface area contributed by atoms with Crippen molar-refractivity contribution in [3.63, 3.8) is 0 Å². The van der Waals surface area contributed by atoms with E-state index in [9.17, 15) is 9.59 Å². The Morgan fingerprint density at radius 2 is 1.52 bits per heavy atom. The standard InChI is InChI=1S/C25H32N2O2/c1-19-14-20(2)17-27(16-19)18-22-10-8-21(9-11-22)15-26-25(29)13-12-24(28)23-6-4-3-5-7-23/h3-11,19-20H,12-18H2,1-2H3,(H,26,29). The number of hydrogen-bond acceptors (Lipinski definition) is 3. The minimum absolute atomic E-state index is 0.00597. The van der Waals surface area contributed by atoms with Crippen LogP contribution in [0.15, 0.2) is 54.6 Å². The zero-order valence-corrected chi connectivity index (χ0v) is 17.6. The molecule has 2 aromatic carbocycles. The number of nitrogens with zero attached hydrogens (tertiary/aromatic N) is 1. The highest BCUT2D eigenvalue weighted by Crippen LogP contribution is 2.22. The quantitative estimate of drug-likeness (QED) is 0.676. The molecule has 1 heterocycles. The van der Waals surface area contributed by atoms with Gasteiger partial charge in [0.15, 0.2) is 5.78 Å². The maximum Gasteiger partial charge on any atom is 0.220 e. The first-order valence-corrected chi connectivity index (χ1v) is 10.6. The molecule has 1 saturated heterocycles. The highest BCUT2D eigenvalue weighted by atomic mass is 16.2. The Bertz CT molecular complexity index is 791. The molecule has 154 valence electrons. The summed E-state index contributed by atoms with van der Waals surface area (Å²) in [4.78, 5) is 26.7. The summed E-state index contributed by atoms with van der Waals surface area (Å²) in [5, 5.41) is 2.92. The molecule has 2 unspecified atom stereocenters. The fourth-order valence-electron chi connectivity index (χ4n) is 4.23. The van der Waals surface area contributed by atoms with Crippen LogP contribution in [0.1, 0.15) is 54.6 Å². The number of likely N-dealkylation sites (tertiary alicyclic amines) is 1. The molecule has 1 amide bonds. The van der Waals surface area contributed by atoms with Crippen molar-refractivity contribution in [2.24, 2.45) is 11.8 Å². The lowest BCUT2D eigenvalue weighted by molar-refractivity contribution is -0.121. The Labute approximate surface area is 174 Å². The molecule has 1 aliphatic rings. The summed E-state index contributed by atoms with van der Waals surface area (Å²) in [6, 6.07) is 17.6. The van der Waals surface area contributed by atoms with Gasteiger partial charge >= 0.3 is 0 Å². The van der Waals surface area contributed by atoms with Gasteiger partial charge in [0.2, 0.25) is 5.91 Å². The van der Waals surface area contributed by atoms with E-state index in [4.69, 9.17) is 0 Å². The Morgan fingerprint density at radius 1 is 0.897 bits per heavy atom. The summed E-state index contributed by atoms with van der Waals surface area (Å²) in [5.74, 6) is 1.45. The fraction of sp³-hybridized carbons (Fsp3) is 0.440. The molecule has 0 radical (unpaired) electrons. The number of amides is 1. The highest BCUT2D eigenvalue weighted by Gasteiger charge is 2.21. The summed E-state index contributed by atoms with van der Waals surface area (Å²) in [7, 11) is 0. The van der Waals surface area contributed by atoms with E-state index in [1.807, 2.05) is 18.2 Å². The first-order valence-electron chi connectivity index (χ1n) is 10.6. The largest absolute Gasteiger partial charge is 0.352 e. The molecule has 4 heteroatoms. The molecule has 4 nitrogen and oxygen atoms in total. The van der Waals surface area contributed by atoms with Crippen LogP contribution in [-0.4, -0.2) is 29.7 Å². The van der Waals surface area contributed by atoms with E-state index >= 15 is 0 Å². The first kappa shape index (κ1) is 21.3. The molecule has 0 aromatic heterocycles. The van der Waals surface area contributed by atoms with Crippen LogP contribution in [0.2, 0.25) is 0 Å². The van der Waals surface area contributed by atoms with Gasteiger partial charge in [-0.3, -0.25) is 14.5 Å². The number of benzene rings is 2. The minimum atomic E-state index is -0.0883. The lowest BCUT2D eigenvalue weighted by Crippen LogP contribution is -2.38. The van der Waals surface area contributed by atoms with E-state index in [1.54, 1.807) is 12.1 Å². The number of Topliss-reactive ketones (excluding diaryl/α,β-unsaturated/α-hetero) is 1. The summed E-state index contributed by atoms with van der Waals surface area (Å²) in [6.45, 7) is 8.50. The van der Waals surface area contributed by atoms with E-state index in [0.29, 0.717) is 12.1 Å². The molecule has 3 rings (SSSR count). The molecule has 0 saturated carbocycles. The number of carbonyl (C=O) groups excluding carboxylic acids is 2. The maximum absolute atomic E-state index is 12.1. The number of rotatable bonds is 8. The molecule has 0 spiro atoms. The van der Waals surface area contributed by atoms with Crippen molar-refractivity contribution in [1.82, 2.24) is 10.2 Å². The van der Waals surface area contributed by atoms with Crippen LogP contribution in [0.5, 0.6) is 0 Å². The van der Waals surface area contributed by atoms with Crippen molar-refractivity contribution in [1.29, 1.82) is 0 Å². The van der Waals surface area contributed by atoms with Crippen molar-refractivity contribution in [2.75, 3.05) is 13.1 Å². The predicted molar refractivity (Wildman–Crippen MR) is 117 cm³/mol. The molecule has 29 heavy (non-hydrogen) atoms. The van der Waals surface area contributed by atoms with Crippen molar-refractivity contribution in [2.45, 2.75) is 46.2 Å². The molecule has 0 aliphatic carbocycles. The van der Waals surface area contributed by atoms with Crippen LogP contribution >= 0.6 is 0 Å². The van der Waals surface area contributed by atoms with Gasteiger partial charge in [-0.15, -0.1) is 0 Å². The lowest BCUT2D eigenvalue weighted by atomic mass is 9.91. The Morgan fingerprint density at radius 3 is 2.17 bits per heavy atom. The Kier molecular flexibility index (Phi) is 7.59. The number of carbonyl (C=O) groups is 2. The van der Waals surface area contributed by atoms with Crippen molar-refractivity contribution < 1.29 is 9.59 Å². The average molecular weight is 393 g/mol. The lowest BCUT2D eigenvalue weighted by Gasteiger charge is -2.35. The minimum Gasteiger partial charge on any atom is -0.352 e. The van der Waals surface area contributed by atoms with Crippen LogP contribution in [0.3, 0.4) is 0 Å². The third kappa shape index (κ3) is 6.82. The van der Waals surface area contributed by atoms with Gasteiger partial charge in [-0.05, 0) is 29.4 Å². The summed E-state index contributed by atoms with van der Waals surface area (Å²) in [5.41, 5.74) is 3.06. The van der Waals surface area contributed by atoms with Crippen molar-refractivity contribution >= 4 is 11.7 Å². The van der Waals surface area contributed by atoms with Crippen LogP contribution < -0.4 is 5.32 Å². The maximum atomic E-state index is 12.1. The second-order valence-corrected chi connectivity index (χ2v) is 8.52. The highest BCUT2D eigenvalue weighted by molar-refractivity contribution is 5.97. The molecule has 1 fully saturated rings. The molecule has 2 atom stereocenters. The zero-order chi connectivity index (χ0) is 20.6. The number of hydrogen-bond donors (Lipinski definition) is 1. The van der Waals surface area contributed by atoms with E-state index in [-0.39, 0.29) is 24.5 Å². The van der Waals surface area contributed by atoms with Crippen LogP contribution in [-0.2, 0) is 17.9 Å². The molecule has 2 aromatic rings. The number of nitrogens with one attached hydrogen (secondary N) is 1. The van der Waals surface area contributed by atoms with Crippen LogP contribution in [0, 0.1) is 11.8 Å². The molecule has 1 N–H and O–H groups in total. The van der Waals surface area contributed by atoms with Gasteiger partial charge in [0.25, 0.3) is 0 Å².